The molecule has 0 atom stereocenters. The highest BCUT2D eigenvalue weighted by Crippen LogP contribution is 2.39. The van der Waals surface area contributed by atoms with Gasteiger partial charge in [0.2, 0.25) is 0 Å². The second-order valence-corrected chi connectivity index (χ2v) is 5.37. The second kappa shape index (κ2) is 7.13. The molecule has 0 aliphatic carbocycles. The number of ether oxygens (including phenoxy) is 1. The Morgan fingerprint density at radius 2 is 1.89 bits per heavy atom. The van der Waals surface area contributed by atoms with E-state index in [4.69, 9.17) is 0 Å². The quantitative estimate of drug-likeness (QED) is 0.438. The van der Waals surface area contributed by atoms with E-state index in [-0.39, 0.29) is 16.8 Å². The first-order chi connectivity index (χ1) is 12.3. The van der Waals surface area contributed by atoms with Crippen LogP contribution in [0.4, 0.5) is 36.4 Å². The number of halogens is 7. The van der Waals surface area contributed by atoms with Crippen LogP contribution in [0.15, 0.2) is 18.2 Å². The Kier molecular flexibility index (Phi) is 5.45. The smallest absolute Gasteiger partial charge is 0.273 e. The van der Waals surface area contributed by atoms with Crippen LogP contribution in [-0.4, -0.2) is 21.7 Å². The number of nitrogens with one attached hydrogen (secondary N) is 1. The van der Waals surface area contributed by atoms with Crippen LogP contribution in [0.3, 0.4) is 0 Å². The van der Waals surface area contributed by atoms with Gasteiger partial charge < -0.3 is 0 Å². The van der Waals surface area contributed by atoms with Crippen molar-refractivity contribution in [1.29, 1.82) is 0 Å². The first kappa shape index (κ1) is 20.6. The molecule has 27 heavy (non-hydrogen) atoms. The Hall–Kier alpha value is -2.70. The van der Waals surface area contributed by atoms with Gasteiger partial charge in [-0.2, -0.15) is 35.8 Å². The van der Waals surface area contributed by atoms with Crippen molar-refractivity contribution >= 4 is 5.69 Å². The first-order valence-corrected chi connectivity index (χ1v) is 7.05. The Balaban J connectivity index is 2.52. The predicted molar refractivity (Wildman–Crippen MR) is 75.2 cm³/mol. The van der Waals surface area contributed by atoms with E-state index in [1.54, 1.807) is 0 Å². The highest BCUT2D eigenvalue weighted by molar-refractivity contribution is 5.44. The normalized spacial score (nSPS) is 12.6. The number of nitro benzene ring substituents is 1. The Bertz CT molecular complexity index is 849. The minimum atomic E-state index is -5.13. The molecule has 0 bridgehead atoms. The molecule has 0 fully saturated rings. The topological polar surface area (TPSA) is 81.0 Å². The van der Waals surface area contributed by atoms with Crippen molar-refractivity contribution in [2.45, 2.75) is 32.2 Å². The summed E-state index contributed by atoms with van der Waals surface area (Å²) in [7, 11) is 0. The Labute approximate surface area is 146 Å². The van der Waals surface area contributed by atoms with Crippen molar-refractivity contribution in [3.8, 4) is 0 Å². The maximum Gasteiger partial charge on any atom is 0.433 e. The lowest BCUT2D eigenvalue weighted by atomic mass is 9.99. The molecule has 2 rings (SSSR count). The first-order valence-electron chi connectivity index (χ1n) is 7.05. The number of aromatic amines is 1. The number of rotatable bonds is 6. The van der Waals surface area contributed by atoms with Gasteiger partial charge in [0, 0.05) is 23.6 Å². The van der Waals surface area contributed by atoms with E-state index >= 15 is 0 Å². The van der Waals surface area contributed by atoms with Gasteiger partial charge in [-0.3, -0.25) is 19.9 Å². The fourth-order valence-corrected chi connectivity index (χ4v) is 2.42. The maximum absolute atomic E-state index is 13.8. The van der Waals surface area contributed by atoms with Crippen molar-refractivity contribution in [1.82, 2.24) is 10.2 Å². The van der Waals surface area contributed by atoms with Gasteiger partial charge >= 0.3 is 18.9 Å². The molecule has 1 N–H and O–H groups in total. The average Bonchev–Trinajstić information content (AvgIpc) is 2.90. The third-order valence-electron chi connectivity index (χ3n) is 3.50. The molecule has 1 aromatic carbocycles. The summed E-state index contributed by atoms with van der Waals surface area (Å²) in [5, 5.41) is 15.0. The summed E-state index contributed by atoms with van der Waals surface area (Å²) in [6, 6.07) is 3.18. The lowest BCUT2D eigenvalue weighted by molar-refractivity contribution is -0.385. The number of aryl methyl sites for hydroxylation is 1. The van der Waals surface area contributed by atoms with E-state index in [2.05, 4.69) is 9.84 Å². The standard InChI is InChI=1S/C14H10F7N3O3/c1-6-4-7(2-3-9(6)24(25)26)5-8-10(13(17,18)19)22-23-11(8)14(20,21)27-12(15)16/h2-4,12H,5H2,1H3,(H,22,23). The van der Waals surface area contributed by atoms with E-state index in [1.165, 1.54) is 12.0 Å². The van der Waals surface area contributed by atoms with Crippen molar-refractivity contribution in [2.24, 2.45) is 0 Å². The third-order valence-corrected chi connectivity index (χ3v) is 3.50. The van der Waals surface area contributed by atoms with Gasteiger partial charge in [-0.1, -0.05) is 6.07 Å². The van der Waals surface area contributed by atoms with Gasteiger partial charge in [-0.05, 0) is 18.6 Å². The number of H-pyrrole nitrogens is 1. The van der Waals surface area contributed by atoms with Crippen LogP contribution in [0.2, 0.25) is 0 Å². The summed E-state index contributed by atoms with van der Waals surface area (Å²) in [6.07, 6.45) is -10.7. The third kappa shape index (κ3) is 4.53. The van der Waals surface area contributed by atoms with Crippen LogP contribution in [-0.2, 0) is 23.4 Å². The number of aromatic nitrogens is 2. The van der Waals surface area contributed by atoms with Gasteiger partial charge in [0.15, 0.2) is 5.69 Å². The summed E-state index contributed by atoms with van der Waals surface area (Å²) in [5.41, 5.74) is -4.67. The average molecular weight is 401 g/mol. The molecule has 0 aliphatic heterocycles. The zero-order chi connectivity index (χ0) is 20.6. The minimum Gasteiger partial charge on any atom is -0.273 e. The SMILES string of the molecule is Cc1cc(Cc2c(C(F)(F)OC(F)F)n[nH]c2C(F)(F)F)ccc1[N+](=O)[O-]. The largest absolute Gasteiger partial charge is 0.433 e. The zero-order valence-corrected chi connectivity index (χ0v) is 13.3. The number of hydrogen-bond acceptors (Lipinski definition) is 4. The lowest BCUT2D eigenvalue weighted by Crippen LogP contribution is -2.24. The number of nitro groups is 1. The molecule has 1 heterocycles. The molecule has 6 nitrogen and oxygen atoms in total. The van der Waals surface area contributed by atoms with Crippen molar-refractivity contribution in [3.63, 3.8) is 0 Å². The minimum absolute atomic E-state index is 0.000836. The van der Waals surface area contributed by atoms with Gasteiger partial charge in [0.05, 0.1) is 4.92 Å². The summed E-state index contributed by atoms with van der Waals surface area (Å²) in [4.78, 5) is 10.1. The van der Waals surface area contributed by atoms with E-state index in [0.29, 0.717) is 0 Å². The molecule has 148 valence electrons. The fraction of sp³-hybridized carbons (Fsp3) is 0.357. The van der Waals surface area contributed by atoms with Crippen LogP contribution in [0.5, 0.6) is 0 Å². The van der Waals surface area contributed by atoms with Crippen LogP contribution in [0.1, 0.15) is 28.1 Å². The van der Waals surface area contributed by atoms with Crippen LogP contribution < -0.4 is 0 Å². The van der Waals surface area contributed by atoms with Crippen molar-refractivity contribution in [3.05, 3.63) is 56.4 Å². The molecule has 1 aromatic heterocycles. The molecular formula is C14H10F7N3O3. The van der Waals surface area contributed by atoms with Gasteiger partial charge in [0.25, 0.3) is 5.69 Å². The van der Waals surface area contributed by atoms with E-state index in [9.17, 15) is 40.8 Å². The monoisotopic (exact) mass is 401 g/mol. The molecule has 0 unspecified atom stereocenters. The van der Waals surface area contributed by atoms with E-state index < -0.39 is 47.2 Å². The fourth-order valence-electron chi connectivity index (χ4n) is 2.42. The summed E-state index contributed by atoms with van der Waals surface area (Å²) >= 11 is 0. The molecular weight excluding hydrogens is 391 g/mol. The predicted octanol–water partition coefficient (Wildman–Crippen LogP) is 4.52. The lowest BCUT2D eigenvalue weighted by Gasteiger charge is -2.16. The number of nitrogens with zero attached hydrogens (tertiary/aromatic N) is 2. The molecule has 0 radical (unpaired) electrons. The number of benzene rings is 1. The van der Waals surface area contributed by atoms with Gasteiger partial charge in [-0.25, -0.2) is 0 Å². The molecule has 2 aromatic rings. The number of hydrogen-bond donors (Lipinski definition) is 1. The molecule has 0 saturated carbocycles. The van der Waals surface area contributed by atoms with Crippen molar-refractivity contribution in [2.75, 3.05) is 0 Å². The van der Waals surface area contributed by atoms with Gasteiger partial charge in [0.1, 0.15) is 5.69 Å². The summed E-state index contributed by atoms with van der Waals surface area (Å²) in [5.74, 6) is 0. The number of alkyl halides is 7. The van der Waals surface area contributed by atoms with Crippen LogP contribution in [0.25, 0.3) is 0 Å². The molecule has 0 amide bonds. The summed E-state index contributed by atoms with van der Waals surface area (Å²) in [6.45, 7) is -2.66. The van der Waals surface area contributed by atoms with Crippen LogP contribution in [0, 0.1) is 17.0 Å². The molecule has 0 saturated heterocycles. The van der Waals surface area contributed by atoms with E-state index in [1.807, 2.05) is 0 Å². The van der Waals surface area contributed by atoms with Gasteiger partial charge in [-0.15, -0.1) is 0 Å². The molecule has 0 aliphatic rings. The van der Waals surface area contributed by atoms with Crippen molar-refractivity contribution < 1.29 is 40.4 Å². The Morgan fingerprint density at radius 1 is 1.26 bits per heavy atom. The van der Waals surface area contributed by atoms with Crippen LogP contribution >= 0.6 is 0 Å². The molecule has 0 spiro atoms. The Morgan fingerprint density at radius 3 is 2.37 bits per heavy atom. The van der Waals surface area contributed by atoms with E-state index in [0.717, 1.165) is 18.2 Å². The maximum atomic E-state index is 13.8. The zero-order valence-electron chi connectivity index (χ0n) is 13.3. The highest BCUT2D eigenvalue weighted by atomic mass is 19.4. The summed E-state index contributed by atoms with van der Waals surface area (Å²) < 4.78 is 94.2. The second-order valence-electron chi connectivity index (χ2n) is 5.37. The molecule has 13 heteroatoms. The highest BCUT2D eigenvalue weighted by Gasteiger charge is 2.46.